The summed E-state index contributed by atoms with van der Waals surface area (Å²) in [6, 6.07) is 11.0. The van der Waals surface area contributed by atoms with Gasteiger partial charge in [-0.25, -0.2) is 4.39 Å². The molecule has 4 nitrogen and oxygen atoms in total. The lowest BCUT2D eigenvalue weighted by Crippen LogP contribution is -2.50. The second-order valence-electron chi connectivity index (χ2n) is 7.33. The molecule has 0 aliphatic heterocycles. The number of hydrogen-bond donors (Lipinski definition) is 1. The number of amides is 2. The van der Waals surface area contributed by atoms with Crippen LogP contribution in [0.1, 0.15) is 38.3 Å². The lowest BCUT2D eigenvalue weighted by atomic mass is 10.1. The van der Waals surface area contributed by atoms with E-state index in [1.54, 1.807) is 31.2 Å². The summed E-state index contributed by atoms with van der Waals surface area (Å²) in [5, 5.41) is 3.86. The molecule has 2 rings (SSSR count). The van der Waals surface area contributed by atoms with Crippen molar-refractivity contribution in [3.63, 3.8) is 0 Å². The molecule has 0 aromatic heterocycles. The predicted molar refractivity (Wildman–Crippen MR) is 127 cm³/mol. The van der Waals surface area contributed by atoms with E-state index >= 15 is 0 Å². The summed E-state index contributed by atoms with van der Waals surface area (Å²) in [4.78, 5) is 27.3. The van der Waals surface area contributed by atoms with Gasteiger partial charge in [0.15, 0.2) is 0 Å². The van der Waals surface area contributed by atoms with Crippen LogP contribution in [-0.4, -0.2) is 34.6 Å². The monoisotopic (exact) mass is 484 g/mol. The molecule has 2 unspecified atom stereocenters. The van der Waals surface area contributed by atoms with Gasteiger partial charge in [-0.05, 0) is 50.1 Å². The quantitative estimate of drug-likeness (QED) is 0.470. The third-order valence-corrected chi connectivity index (χ3v) is 6.52. The summed E-state index contributed by atoms with van der Waals surface area (Å²) < 4.78 is 14.0. The molecule has 2 aromatic rings. The third-order valence-electron chi connectivity index (χ3n) is 4.97. The van der Waals surface area contributed by atoms with Crippen molar-refractivity contribution in [3.8, 4) is 0 Å². The van der Waals surface area contributed by atoms with Crippen LogP contribution in [-0.2, 0) is 21.9 Å². The van der Waals surface area contributed by atoms with Crippen LogP contribution in [0.3, 0.4) is 0 Å². The van der Waals surface area contributed by atoms with Crippen molar-refractivity contribution in [2.75, 3.05) is 5.75 Å². The predicted octanol–water partition coefficient (Wildman–Crippen LogP) is 5.70. The maximum atomic E-state index is 14.0. The molecule has 0 radical (unpaired) electrons. The molecular formula is C23H27Cl2FN2O2S. The molecule has 2 aromatic carbocycles. The van der Waals surface area contributed by atoms with Gasteiger partial charge in [-0.15, -0.1) is 11.8 Å². The van der Waals surface area contributed by atoms with E-state index in [0.29, 0.717) is 15.6 Å². The maximum absolute atomic E-state index is 14.0. The van der Waals surface area contributed by atoms with Crippen LogP contribution >= 0.6 is 35.0 Å². The molecule has 0 heterocycles. The number of thioether (sulfide) groups is 1. The van der Waals surface area contributed by atoms with E-state index in [2.05, 4.69) is 5.32 Å². The lowest BCUT2D eigenvalue weighted by molar-refractivity contribution is -0.138. The second-order valence-corrected chi connectivity index (χ2v) is 9.16. The number of carbonyl (C=O) groups is 2. The van der Waals surface area contributed by atoms with Crippen LogP contribution in [0.5, 0.6) is 0 Å². The van der Waals surface area contributed by atoms with Crippen molar-refractivity contribution in [3.05, 3.63) is 69.5 Å². The first-order valence-corrected chi connectivity index (χ1v) is 12.0. The van der Waals surface area contributed by atoms with E-state index in [9.17, 15) is 14.0 Å². The number of nitrogens with one attached hydrogen (secondary N) is 1. The summed E-state index contributed by atoms with van der Waals surface area (Å²) in [5.74, 6) is -0.455. The van der Waals surface area contributed by atoms with Gasteiger partial charge in [-0.3, -0.25) is 9.59 Å². The average Bonchev–Trinajstić information content (AvgIpc) is 2.74. The van der Waals surface area contributed by atoms with Gasteiger partial charge in [-0.1, -0.05) is 48.3 Å². The molecule has 0 fully saturated rings. The Kier molecular flexibility index (Phi) is 10.1. The summed E-state index contributed by atoms with van der Waals surface area (Å²) >= 11 is 13.3. The van der Waals surface area contributed by atoms with Crippen molar-refractivity contribution in [2.24, 2.45) is 0 Å². The highest BCUT2D eigenvalue weighted by Gasteiger charge is 2.26. The van der Waals surface area contributed by atoms with Crippen LogP contribution in [0.25, 0.3) is 0 Å². The normalized spacial score (nSPS) is 12.8. The zero-order valence-electron chi connectivity index (χ0n) is 17.8. The number of halogens is 3. The summed E-state index contributed by atoms with van der Waals surface area (Å²) in [7, 11) is 0. The fraction of sp³-hybridized carbons (Fsp3) is 0.391. The van der Waals surface area contributed by atoms with E-state index in [0.717, 1.165) is 12.0 Å². The highest BCUT2D eigenvalue weighted by Crippen LogP contribution is 2.24. The standard InChI is InChI=1S/C23H27Cl2FN2O2S/c1-4-15(2)27-23(30)16(3)28(12-17-8-10-18(24)11-9-17)22(29)14-31-13-19-20(25)6-5-7-21(19)26/h5-11,15-16H,4,12-14H2,1-3H3,(H,27,30). The van der Waals surface area contributed by atoms with Crippen LogP contribution < -0.4 is 5.32 Å². The Balaban J connectivity index is 2.11. The zero-order valence-corrected chi connectivity index (χ0v) is 20.2. The van der Waals surface area contributed by atoms with E-state index in [-0.39, 0.29) is 35.9 Å². The molecule has 31 heavy (non-hydrogen) atoms. The summed E-state index contributed by atoms with van der Waals surface area (Å²) in [5.41, 5.74) is 1.23. The van der Waals surface area contributed by atoms with Gasteiger partial charge < -0.3 is 10.2 Å². The molecule has 2 atom stereocenters. The molecule has 2 amide bonds. The van der Waals surface area contributed by atoms with Gasteiger partial charge in [-0.2, -0.15) is 0 Å². The van der Waals surface area contributed by atoms with Gasteiger partial charge >= 0.3 is 0 Å². The van der Waals surface area contributed by atoms with E-state index in [1.165, 1.54) is 22.7 Å². The minimum absolute atomic E-state index is 0.0139. The first kappa shape index (κ1) is 25.5. The highest BCUT2D eigenvalue weighted by atomic mass is 35.5. The van der Waals surface area contributed by atoms with Crippen molar-refractivity contribution in [2.45, 2.75) is 51.6 Å². The Morgan fingerprint density at radius 2 is 1.81 bits per heavy atom. The van der Waals surface area contributed by atoms with Crippen molar-refractivity contribution in [1.82, 2.24) is 10.2 Å². The number of nitrogens with zero attached hydrogens (tertiary/aromatic N) is 1. The lowest BCUT2D eigenvalue weighted by Gasteiger charge is -2.29. The molecule has 1 N–H and O–H groups in total. The molecule has 0 spiro atoms. The largest absolute Gasteiger partial charge is 0.352 e. The van der Waals surface area contributed by atoms with Gasteiger partial charge in [0.2, 0.25) is 11.8 Å². The van der Waals surface area contributed by atoms with Gasteiger partial charge in [0.05, 0.1) is 5.75 Å². The van der Waals surface area contributed by atoms with E-state index in [1.807, 2.05) is 26.0 Å². The van der Waals surface area contributed by atoms with Crippen LogP contribution in [0.4, 0.5) is 4.39 Å². The van der Waals surface area contributed by atoms with Crippen LogP contribution in [0.2, 0.25) is 10.0 Å². The minimum atomic E-state index is -0.658. The molecule has 0 aliphatic rings. The smallest absolute Gasteiger partial charge is 0.242 e. The fourth-order valence-corrected chi connectivity index (χ4v) is 4.20. The van der Waals surface area contributed by atoms with Crippen LogP contribution in [0.15, 0.2) is 42.5 Å². The minimum Gasteiger partial charge on any atom is -0.352 e. The molecule has 0 aliphatic carbocycles. The molecule has 0 bridgehead atoms. The number of hydrogen-bond acceptors (Lipinski definition) is 3. The van der Waals surface area contributed by atoms with E-state index in [4.69, 9.17) is 23.2 Å². The van der Waals surface area contributed by atoms with Crippen LogP contribution in [0, 0.1) is 5.82 Å². The number of carbonyl (C=O) groups excluding carboxylic acids is 2. The summed E-state index contributed by atoms with van der Waals surface area (Å²) in [6.07, 6.45) is 0.794. The van der Waals surface area contributed by atoms with Crippen molar-refractivity contribution < 1.29 is 14.0 Å². The maximum Gasteiger partial charge on any atom is 0.242 e. The Morgan fingerprint density at radius 1 is 1.13 bits per heavy atom. The SMILES string of the molecule is CCC(C)NC(=O)C(C)N(Cc1ccc(Cl)cc1)C(=O)CSCc1c(F)cccc1Cl. The Hall–Kier alpha value is -1.76. The Bertz CT molecular complexity index is 875. The fourth-order valence-electron chi connectivity index (χ4n) is 2.83. The third kappa shape index (κ3) is 7.70. The molecule has 0 saturated heterocycles. The van der Waals surface area contributed by atoms with Gasteiger partial charge in [0, 0.05) is 33.9 Å². The zero-order chi connectivity index (χ0) is 23.0. The van der Waals surface area contributed by atoms with E-state index < -0.39 is 11.9 Å². The summed E-state index contributed by atoms with van der Waals surface area (Å²) in [6.45, 7) is 5.89. The first-order valence-electron chi connectivity index (χ1n) is 10.1. The Labute approximate surface area is 197 Å². The van der Waals surface area contributed by atoms with Gasteiger partial charge in [0.1, 0.15) is 11.9 Å². The molecule has 168 valence electrons. The first-order chi connectivity index (χ1) is 14.7. The molecular weight excluding hydrogens is 458 g/mol. The second kappa shape index (κ2) is 12.3. The molecule has 0 saturated carbocycles. The van der Waals surface area contributed by atoms with Gasteiger partial charge in [0.25, 0.3) is 0 Å². The molecule has 8 heteroatoms. The Morgan fingerprint density at radius 3 is 2.42 bits per heavy atom. The topological polar surface area (TPSA) is 49.4 Å². The number of benzene rings is 2. The highest BCUT2D eigenvalue weighted by molar-refractivity contribution is 7.99. The average molecular weight is 485 g/mol. The van der Waals surface area contributed by atoms with Crippen molar-refractivity contribution >= 4 is 46.8 Å². The number of rotatable bonds is 10. The van der Waals surface area contributed by atoms with Crippen molar-refractivity contribution in [1.29, 1.82) is 0 Å².